The Labute approximate surface area is 182 Å². The Balaban J connectivity index is 1.31. The molecule has 8 nitrogen and oxygen atoms in total. The largest absolute Gasteiger partial charge is 0.457 e. The van der Waals surface area contributed by atoms with Crippen LogP contribution >= 0.6 is 0 Å². The molecule has 0 saturated carbocycles. The van der Waals surface area contributed by atoms with Gasteiger partial charge in [0.2, 0.25) is 0 Å². The molecule has 8 heteroatoms. The number of aliphatic imine (C=N–C) groups is 1. The molecule has 1 aliphatic heterocycles. The molecule has 1 atom stereocenters. The summed E-state index contributed by atoms with van der Waals surface area (Å²) in [6, 6.07) is 18.1. The lowest BCUT2D eigenvalue weighted by Gasteiger charge is -2.25. The molecule has 1 aromatic heterocycles. The number of methoxy groups -OCH3 is 1. The molecular weight excluding hydrogens is 392 g/mol. The van der Waals surface area contributed by atoms with Crippen molar-refractivity contribution in [3.63, 3.8) is 0 Å². The van der Waals surface area contributed by atoms with Crippen molar-refractivity contribution in [3.05, 3.63) is 71.8 Å². The van der Waals surface area contributed by atoms with E-state index in [1.165, 1.54) is 0 Å². The van der Waals surface area contributed by atoms with Gasteiger partial charge in [0.15, 0.2) is 11.8 Å². The van der Waals surface area contributed by atoms with Crippen LogP contribution in [0, 0.1) is 0 Å². The van der Waals surface area contributed by atoms with Gasteiger partial charge in [-0.05, 0) is 36.2 Å². The molecular formula is C23H28N6O2. The van der Waals surface area contributed by atoms with E-state index in [9.17, 15) is 0 Å². The number of nitrogens with one attached hydrogen (secondary N) is 2. The third-order valence-electron chi connectivity index (χ3n) is 5.08. The first kappa shape index (κ1) is 20.9. The Morgan fingerprint density at radius 2 is 2.00 bits per heavy atom. The van der Waals surface area contributed by atoms with E-state index < -0.39 is 0 Å². The summed E-state index contributed by atoms with van der Waals surface area (Å²) in [7, 11) is 3.44. The highest BCUT2D eigenvalue weighted by molar-refractivity contribution is 5.80. The topological polar surface area (TPSA) is 85.6 Å². The van der Waals surface area contributed by atoms with Gasteiger partial charge < -0.3 is 20.1 Å². The number of para-hydroxylation sites is 1. The van der Waals surface area contributed by atoms with Crippen LogP contribution in [0.3, 0.4) is 0 Å². The minimum atomic E-state index is 0.239. The number of fused-ring (bicyclic) bond motifs is 1. The van der Waals surface area contributed by atoms with Crippen molar-refractivity contribution in [3.8, 4) is 11.5 Å². The van der Waals surface area contributed by atoms with Crippen LogP contribution < -0.4 is 15.4 Å². The highest BCUT2D eigenvalue weighted by atomic mass is 16.5. The van der Waals surface area contributed by atoms with Gasteiger partial charge in [0.25, 0.3) is 0 Å². The van der Waals surface area contributed by atoms with Crippen LogP contribution in [0.4, 0.5) is 0 Å². The number of ether oxygens (including phenoxy) is 2. The van der Waals surface area contributed by atoms with Gasteiger partial charge in [-0.15, -0.1) is 0 Å². The third-order valence-corrected chi connectivity index (χ3v) is 5.08. The molecule has 0 fully saturated rings. The van der Waals surface area contributed by atoms with Gasteiger partial charge in [0.1, 0.15) is 23.9 Å². The quantitative estimate of drug-likeness (QED) is 0.452. The summed E-state index contributed by atoms with van der Waals surface area (Å²) >= 11 is 0. The highest BCUT2D eigenvalue weighted by Crippen LogP contribution is 2.21. The summed E-state index contributed by atoms with van der Waals surface area (Å²) in [4.78, 5) is 8.91. The van der Waals surface area contributed by atoms with E-state index in [-0.39, 0.29) is 6.04 Å². The first-order valence-corrected chi connectivity index (χ1v) is 10.4. The normalized spacial score (nSPS) is 15.9. The second-order valence-corrected chi connectivity index (χ2v) is 7.43. The maximum absolute atomic E-state index is 5.93. The summed E-state index contributed by atoms with van der Waals surface area (Å²) < 4.78 is 13.0. The predicted molar refractivity (Wildman–Crippen MR) is 119 cm³/mol. The molecule has 0 aliphatic carbocycles. The van der Waals surface area contributed by atoms with Crippen LogP contribution in [0.5, 0.6) is 11.5 Å². The molecule has 0 saturated heterocycles. The summed E-state index contributed by atoms with van der Waals surface area (Å²) in [5, 5.41) is 11.4. The lowest BCUT2D eigenvalue weighted by molar-refractivity contribution is 0.177. The van der Waals surface area contributed by atoms with Crippen LogP contribution in [-0.2, 0) is 30.9 Å². The van der Waals surface area contributed by atoms with Crippen LogP contribution in [0.2, 0.25) is 0 Å². The smallest absolute Gasteiger partial charge is 0.191 e. The SMILES string of the molecule is CN=C(NCc1cccc(Oc2ccccc2)c1)NC1CCc2nc(COC)nn2C1. The number of aryl methyl sites for hydroxylation is 1. The molecule has 2 N–H and O–H groups in total. The van der Waals surface area contributed by atoms with Gasteiger partial charge >= 0.3 is 0 Å². The number of nitrogens with zero attached hydrogens (tertiary/aromatic N) is 4. The number of rotatable bonds is 7. The molecule has 0 amide bonds. The van der Waals surface area contributed by atoms with Crippen molar-refractivity contribution in [1.29, 1.82) is 0 Å². The van der Waals surface area contributed by atoms with Crippen molar-refractivity contribution < 1.29 is 9.47 Å². The summed E-state index contributed by atoms with van der Waals surface area (Å²) in [5.74, 6) is 4.15. The predicted octanol–water partition coefficient (Wildman–Crippen LogP) is 2.90. The Morgan fingerprint density at radius 3 is 2.81 bits per heavy atom. The zero-order valence-corrected chi connectivity index (χ0v) is 17.9. The summed E-state index contributed by atoms with van der Waals surface area (Å²) in [5.41, 5.74) is 1.11. The van der Waals surface area contributed by atoms with E-state index in [1.807, 2.05) is 53.2 Å². The lowest BCUT2D eigenvalue weighted by atomic mass is 10.1. The van der Waals surface area contributed by atoms with Crippen molar-refractivity contribution in [2.45, 2.75) is 38.6 Å². The Kier molecular flexibility index (Phi) is 6.78. The number of aromatic nitrogens is 3. The van der Waals surface area contributed by atoms with E-state index in [2.05, 4.69) is 31.8 Å². The number of benzene rings is 2. The van der Waals surface area contributed by atoms with Crippen molar-refractivity contribution in [2.24, 2.45) is 4.99 Å². The second kappa shape index (κ2) is 10.1. The number of hydrogen-bond donors (Lipinski definition) is 2. The monoisotopic (exact) mass is 420 g/mol. The number of guanidine groups is 1. The van der Waals surface area contributed by atoms with Crippen molar-refractivity contribution in [1.82, 2.24) is 25.4 Å². The maximum atomic E-state index is 5.93. The van der Waals surface area contributed by atoms with Crippen LogP contribution in [0.1, 0.15) is 23.6 Å². The lowest BCUT2D eigenvalue weighted by Crippen LogP contribution is -2.46. The van der Waals surface area contributed by atoms with Crippen LogP contribution in [-0.4, -0.2) is 40.9 Å². The zero-order chi connectivity index (χ0) is 21.5. The average Bonchev–Trinajstić information content (AvgIpc) is 3.19. The van der Waals surface area contributed by atoms with Gasteiger partial charge in [-0.1, -0.05) is 30.3 Å². The van der Waals surface area contributed by atoms with E-state index in [4.69, 9.17) is 9.47 Å². The third kappa shape index (κ3) is 5.61. The van der Waals surface area contributed by atoms with Crippen molar-refractivity contribution >= 4 is 5.96 Å². The fraction of sp³-hybridized carbons (Fsp3) is 0.348. The highest BCUT2D eigenvalue weighted by Gasteiger charge is 2.22. The minimum Gasteiger partial charge on any atom is -0.457 e. The first-order valence-electron chi connectivity index (χ1n) is 10.4. The van der Waals surface area contributed by atoms with Gasteiger partial charge in [-0.3, -0.25) is 4.99 Å². The Bertz CT molecular complexity index is 1020. The molecule has 0 bridgehead atoms. The van der Waals surface area contributed by atoms with E-state index in [1.54, 1.807) is 14.2 Å². The van der Waals surface area contributed by atoms with E-state index in [0.29, 0.717) is 13.2 Å². The summed E-state index contributed by atoms with van der Waals surface area (Å²) in [6.45, 7) is 1.84. The molecule has 4 rings (SSSR count). The summed E-state index contributed by atoms with van der Waals surface area (Å²) in [6.07, 6.45) is 1.86. The molecule has 3 aromatic rings. The molecule has 0 radical (unpaired) electrons. The fourth-order valence-corrected chi connectivity index (χ4v) is 3.59. The van der Waals surface area contributed by atoms with Gasteiger partial charge in [-0.2, -0.15) is 5.10 Å². The standard InChI is InChI=1S/C23H28N6O2/c1-24-23(26-18-11-12-22-27-21(16-30-2)28-29(22)15-18)25-14-17-7-6-10-20(13-17)31-19-8-4-3-5-9-19/h3-10,13,18H,11-12,14-16H2,1-2H3,(H2,24,25,26). The average molecular weight is 421 g/mol. The number of hydrogen-bond acceptors (Lipinski definition) is 5. The molecule has 162 valence electrons. The molecule has 31 heavy (non-hydrogen) atoms. The molecule has 1 unspecified atom stereocenters. The van der Waals surface area contributed by atoms with Crippen LogP contribution in [0.25, 0.3) is 0 Å². The van der Waals surface area contributed by atoms with Gasteiger partial charge in [0.05, 0.1) is 6.54 Å². The first-order chi connectivity index (χ1) is 15.2. The Morgan fingerprint density at radius 1 is 1.16 bits per heavy atom. The molecule has 2 heterocycles. The molecule has 0 spiro atoms. The van der Waals surface area contributed by atoms with Gasteiger partial charge in [-0.25, -0.2) is 9.67 Å². The van der Waals surface area contributed by atoms with Crippen LogP contribution in [0.15, 0.2) is 59.6 Å². The molecule has 1 aliphatic rings. The fourth-order valence-electron chi connectivity index (χ4n) is 3.59. The zero-order valence-electron chi connectivity index (χ0n) is 17.9. The Hall–Kier alpha value is -3.39. The maximum Gasteiger partial charge on any atom is 0.191 e. The van der Waals surface area contributed by atoms with E-state index >= 15 is 0 Å². The molecule has 2 aromatic carbocycles. The second-order valence-electron chi connectivity index (χ2n) is 7.43. The van der Waals surface area contributed by atoms with Crippen molar-refractivity contribution in [2.75, 3.05) is 14.2 Å². The van der Waals surface area contributed by atoms with E-state index in [0.717, 1.165) is 54.1 Å². The van der Waals surface area contributed by atoms with Gasteiger partial charge in [0, 0.05) is 33.2 Å². The minimum absolute atomic E-state index is 0.239.